The van der Waals surface area contributed by atoms with E-state index in [2.05, 4.69) is 4.72 Å². The van der Waals surface area contributed by atoms with Crippen molar-refractivity contribution < 1.29 is 18.3 Å². The van der Waals surface area contributed by atoms with Gasteiger partial charge in [-0.15, -0.1) is 0 Å². The molecule has 0 bridgehead atoms. The molecule has 1 unspecified atom stereocenters. The molecule has 1 atom stereocenters. The molecule has 1 aliphatic heterocycles. The van der Waals surface area contributed by atoms with Crippen LogP contribution in [0, 0.1) is 0 Å². The summed E-state index contributed by atoms with van der Waals surface area (Å²) in [6, 6.07) is 0. The fourth-order valence-corrected chi connectivity index (χ4v) is 2.80. The van der Waals surface area contributed by atoms with E-state index in [1.807, 2.05) is 0 Å². The molecule has 0 aliphatic carbocycles. The average molecular weight is 238 g/mol. The van der Waals surface area contributed by atoms with Gasteiger partial charge in [-0.1, -0.05) is 0 Å². The average Bonchev–Trinajstić information content (AvgIpc) is 2.69. The Morgan fingerprint density at radius 1 is 1.47 bits per heavy atom. The predicted molar refractivity (Wildman–Crippen MR) is 55.6 cm³/mol. The van der Waals surface area contributed by atoms with Crippen molar-refractivity contribution in [3.05, 3.63) is 0 Å². The van der Waals surface area contributed by atoms with Gasteiger partial charge in [0.15, 0.2) is 0 Å². The van der Waals surface area contributed by atoms with Gasteiger partial charge in [-0.2, -0.15) is 17.4 Å². The Labute approximate surface area is 90.4 Å². The van der Waals surface area contributed by atoms with Crippen molar-refractivity contribution in [2.24, 2.45) is 0 Å². The van der Waals surface area contributed by atoms with Crippen molar-refractivity contribution >= 4 is 10.2 Å². The summed E-state index contributed by atoms with van der Waals surface area (Å²) in [7, 11) is -1.95. The summed E-state index contributed by atoms with van der Waals surface area (Å²) in [6.07, 6.45) is 1.01. The molecule has 1 fully saturated rings. The molecule has 1 heterocycles. The molecular weight excluding hydrogens is 220 g/mol. The number of rotatable bonds is 6. The fourth-order valence-electron chi connectivity index (χ4n) is 1.47. The van der Waals surface area contributed by atoms with Crippen LogP contribution in [-0.2, 0) is 14.9 Å². The van der Waals surface area contributed by atoms with E-state index in [1.165, 1.54) is 11.4 Å². The smallest absolute Gasteiger partial charge is 0.279 e. The van der Waals surface area contributed by atoms with Gasteiger partial charge >= 0.3 is 0 Å². The van der Waals surface area contributed by atoms with Crippen LogP contribution in [-0.4, -0.2) is 57.3 Å². The third kappa shape index (κ3) is 4.04. The van der Waals surface area contributed by atoms with Crippen LogP contribution in [0.2, 0.25) is 0 Å². The Balaban J connectivity index is 2.35. The van der Waals surface area contributed by atoms with E-state index in [0.29, 0.717) is 13.1 Å². The molecule has 0 spiro atoms. The lowest BCUT2D eigenvalue weighted by Crippen LogP contribution is -2.42. The number of hydrogen-bond acceptors (Lipinski definition) is 4. The van der Waals surface area contributed by atoms with Crippen LogP contribution in [0.25, 0.3) is 0 Å². The molecule has 0 aromatic heterocycles. The van der Waals surface area contributed by atoms with Gasteiger partial charge in [0.25, 0.3) is 10.2 Å². The van der Waals surface area contributed by atoms with Crippen molar-refractivity contribution in [2.75, 3.05) is 33.4 Å². The summed E-state index contributed by atoms with van der Waals surface area (Å²) in [6.45, 7) is 1.25. The molecular formula is C8H18N2O4S. The maximum absolute atomic E-state index is 11.6. The van der Waals surface area contributed by atoms with Crippen LogP contribution in [0.4, 0.5) is 0 Å². The Morgan fingerprint density at radius 2 is 2.07 bits per heavy atom. The monoisotopic (exact) mass is 238 g/mol. The van der Waals surface area contributed by atoms with Crippen LogP contribution >= 0.6 is 0 Å². The SMILES string of the molecule is COCC(O)CNS(=O)(=O)N1CCCC1. The molecule has 15 heavy (non-hydrogen) atoms. The number of hydrogen-bond donors (Lipinski definition) is 2. The van der Waals surface area contributed by atoms with Crippen molar-refractivity contribution in [2.45, 2.75) is 18.9 Å². The summed E-state index contributed by atoms with van der Waals surface area (Å²) >= 11 is 0. The van der Waals surface area contributed by atoms with Crippen LogP contribution in [0.5, 0.6) is 0 Å². The largest absolute Gasteiger partial charge is 0.389 e. The van der Waals surface area contributed by atoms with Gasteiger partial charge in [-0.3, -0.25) is 0 Å². The molecule has 1 saturated heterocycles. The Hall–Kier alpha value is -0.210. The highest BCUT2D eigenvalue weighted by Crippen LogP contribution is 2.10. The van der Waals surface area contributed by atoms with Gasteiger partial charge in [0.2, 0.25) is 0 Å². The third-order valence-electron chi connectivity index (χ3n) is 2.27. The zero-order valence-electron chi connectivity index (χ0n) is 8.85. The first-order valence-corrected chi connectivity index (χ1v) is 6.42. The molecule has 7 heteroatoms. The molecule has 2 N–H and O–H groups in total. The highest BCUT2D eigenvalue weighted by molar-refractivity contribution is 7.87. The second kappa shape index (κ2) is 5.76. The Bertz CT molecular complexity index is 274. The predicted octanol–water partition coefficient (Wildman–Crippen LogP) is -1.08. The van der Waals surface area contributed by atoms with Gasteiger partial charge in [0, 0.05) is 26.7 Å². The minimum atomic E-state index is -3.41. The number of nitrogens with one attached hydrogen (secondary N) is 1. The van der Waals surface area contributed by atoms with E-state index in [0.717, 1.165) is 12.8 Å². The zero-order chi connectivity index (χ0) is 11.3. The lowest BCUT2D eigenvalue weighted by Gasteiger charge is -2.17. The number of aliphatic hydroxyl groups is 1. The fraction of sp³-hybridized carbons (Fsp3) is 1.00. The molecule has 0 aromatic carbocycles. The van der Waals surface area contributed by atoms with Crippen molar-refractivity contribution in [3.63, 3.8) is 0 Å². The van der Waals surface area contributed by atoms with Gasteiger partial charge < -0.3 is 9.84 Å². The van der Waals surface area contributed by atoms with E-state index in [1.54, 1.807) is 0 Å². The first-order valence-electron chi connectivity index (χ1n) is 4.98. The zero-order valence-corrected chi connectivity index (χ0v) is 9.66. The van der Waals surface area contributed by atoms with Crippen LogP contribution < -0.4 is 4.72 Å². The molecule has 6 nitrogen and oxygen atoms in total. The molecule has 0 aromatic rings. The van der Waals surface area contributed by atoms with Crippen molar-refractivity contribution in [1.82, 2.24) is 9.03 Å². The van der Waals surface area contributed by atoms with Crippen LogP contribution in [0.3, 0.4) is 0 Å². The second-order valence-electron chi connectivity index (χ2n) is 3.57. The highest BCUT2D eigenvalue weighted by Gasteiger charge is 2.25. The lowest BCUT2D eigenvalue weighted by molar-refractivity contribution is 0.0677. The Morgan fingerprint density at radius 3 is 2.60 bits per heavy atom. The van der Waals surface area contributed by atoms with E-state index < -0.39 is 16.3 Å². The van der Waals surface area contributed by atoms with Crippen LogP contribution in [0.1, 0.15) is 12.8 Å². The topological polar surface area (TPSA) is 78.9 Å². The lowest BCUT2D eigenvalue weighted by atomic mass is 10.4. The van der Waals surface area contributed by atoms with Gasteiger partial charge in [-0.05, 0) is 12.8 Å². The van der Waals surface area contributed by atoms with E-state index >= 15 is 0 Å². The summed E-state index contributed by atoms with van der Waals surface area (Å²) in [4.78, 5) is 0. The van der Waals surface area contributed by atoms with Crippen LogP contribution in [0.15, 0.2) is 0 Å². The second-order valence-corrected chi connectivity index (χ2v) is 5.32. The number of aliphatic hydroxyl groups excluding tert-OH is 1. The minimum absolute atomic E-state index is 0.00727. The normalized spacial score (nSPS) is 20.7. The standard InChI is InChI=1S/C8H18N2O4S/c1-14-7-8(11)6-9-15(12,13)10-4-2-3-5-10/h8-9,11H,2-7H2,1H3. The van der Waals surface area contributed by atoms with E-state index in [-0.39, 0.29) is 13.2 Å². The minimum Gasteiger partial charge on any atom is -0.389 e. The number of methoxy groups -OCH3 is 1. The number of nitrogens with zero attached hydrogens (tertiary/aromatic N) is 1. The van der Waals surface area contributed by atoms with E-state index in [9.17, 15) is 13.5 Å². The quantitative estimate of drug-likeness (QED) is 0.617. The maximum atomic E-state index is 11.6. The van der Waals surface area contributed by atoms with Gasteiger partial charge in [-0.25, -0.2) is 0 Å². The van der Waals surface area contributed by atoms with E-state index in [4.69, 9.17) is 4.74 Å². The van der Waals surface area contributed by atoms with Crippen molar-refractivity contribution in [1.29, 1.82) is 0 Å². The molecule has 0 saturated carbocycles. The summed E-state index contributed by atoms with van der Waals surface area (Å²) in [5, 5.41) is 9.28. The molecule has 1 aliphatic rings. The Kier molecular flexibility index (Phi) is 4.94. The third-order valence-corrected chi connectivity index (χ3v) is 3.84. The molecule has 1 rings (SSSR count). The first kappa shape index (κ1) is 12.9. The molecule has 0 amide bonds. The summed E-state index contributed by atoms with van der Waals surface area (Å²) in [5.41, 5.74) is 0. The summed E-state index contributed by atoms with van der Waals surface area (Å²) < 4.78 is 31.7. The molecule has 0 radical (unpaired) electrons. The summed E-state index contributed by atoms with van der Waals surface area (Å²) in [5.74, 6) is 0. The van der Waals surface area contributed by atoms with Gasteiger partial charge in [0.05, 0.1) is 12.7 Å². The molecule has 90 valence electrons. The van der Waals surface area contributed by atoms with Crippen molar-refractivity contribution in [3.8, 4) is 0 Å². The highest BCUT2D eigenvalue weighted by atomic mass is 32.2. The maximum Gasteiger partial charge on any atom is 0.279 e. The van der Waals surface area contributed by atoms with Gasteiger partial charge in [0.1, 0.15) is 0 Å². The number of ether oxygens (including phenoxy) is 1. The first-order chi connectivity index (χ1) is 7.06.